The van der Waals surface area contributed by atoms with Gasteiger partial charge in [0, 0.05) is 11.1 Å². The topological polar surface area (TPSA) is 12.0 Å². The number of unbranched alkanes of at least 4 members (excludes halogenated alkanes) is 1. The van der Waals surface area contributed by atoms with Gasteiger partial charge in [0.25, 0.3) is 0 Å². The Morgan fingerprint density at radius 2 is 2.21 bits per heavy atom. The molecule has 0 aliphatic carbocycles. The van der Waals surface area contributed by atoms with Crippen LogP contribution in [0.15, 0.2) is 24.3 Å². The van der Waals surface area contributed by atoms with E-state index in [-0.39, 0.29) is 0 Å². The number of hydrogen-bond acceptors (Lipinski definition) is 1. The molecule has 0 radical (unpaired) electrons. The summed E-state index contributed by atoms with van der Waals surface area (Å²) < 4.78 is 0. The Kier molecular flexibility index (Phi) is 4.99. The molecule has 2 heteroatoms. The summed E-state index contributed by atoms with van der Waals surface area (Å²) in [5.41, 5.74) is 1.26. The van der Waals surface area contributed by atoms with E-state index in [0.717, 1.165) is 11.6 Å². The van der Waals surface area contributed by atoms with Gasteiger partial charge in [0.05, 0.1) is 0 Å². The zero-order chi connectivity index (χ0) is 10.4. The minimum Gasteiger partial charge on any atom is -0.310 e. The molecule has 0 heterocycles. The molecule has 0 fully saturated rings. The van der Waals surface area contributed by atoms with E-state index in [9.17, 15) is 0 Å². The van der Waals surface area contributed by atoms with Crippen LogP contribution in [-0.4, -0.2) is 6.54 Å². The van der Waals surface area contributed by atoms with Crippen molar-refractivity contribution in [3.8, 4) is 0 Å². The van der Waals surface area contributed by atoms with Gasteiger partial charge in [-0.05, 0) is 37.6 Å². The molecule has 0 bridgehead atoms. The van der Waals surface area contributed by atoms with Crippen molar-refractivity contribution in [1.29, 1.82) is 0 Å². The fourth-order valence-corrected chi connectivity index (χ4v) is 1.59. The Hall–Kier alpha value is -0.530. The Balaban J connectivity index is 2.47. The Bertz CT molecular complexity index is 273. The smallest absolute Gasteiger partial charge is 0.0409 e. The standard InChI is InChI=1S/C12H18ClN/c1-3-4-8-14-10(2)11-6-5-7-12(13)9-11/h5-7,9-10,14H,3-4,8H2,1-2H3/t10-/m1/s1. The second-order valence-electron chi connectivity index (χ2n) is 3.58. The van der Waals surface area contributed by atoms with Crippen molar-refractivity contribution in [2.24, 2.45) is 0 Å². The third-order valence-electron chi connectivity index (χ3n) is 2.33. The van der Waals surface area contributed by atoms with Gasteiger partial charge in [0.2, 0.25) is 0 Å². The lowest BCUT2D eigenvalue weighted by molar-refractivity contribution is 0.554. The van der Waals surface area contributed by atoms with Crippen molar-refractivity contribution < 1.29 is 0 Å². The van der Waals surface area contributed by atoms with Crippen molar-refractivity contribution >= 4 is 11.6 Å². The minimum absolute atomic E-state index is 0.389. The van der Waals surface area contributed by atoms with Crippen molar-refractivity contribution in [3.05, 3.63) is 34.9 Å². The van der Waals surface area contributed by atoms with Crippen LogP contribution < -0.4 is 5.32 Å². The van der Waals surface area contributed by atoms with E-state index in [2.05, 4.69) is 25.2 Å². The lowest BCUT2D eigenvalue weighted by Gasteiger charge is -2.13. The first-order valence-electron chi connectivity index (χ1n) is 5.23. The molecule has 0 aliphatic heterocycles. The van der Waals surface area contributed by atoms with E-state index in [4.69, 9.17) is 11.6 Å². The van der Waals surface area contributed by atoms with Crippen molar-refractivity contribution in [2.45, 2.75) is 32.7 Å². The largest absolute Gasteiger partial charge is 0.310 e. The summed E-state index contributed by atoms with van der Waals surface area (Å²) in [6.07, 6.45) is 2.46. The average Bonchev–Trinajstić information content (AvgIpc) is 2.18. The third kappa shape index (κ3) is 3.69. The first kappa shape index (κ1) is 11.5. The van der Waals surface area contributed by atoms with Crippen LogP contribution in [0.3, 0.4) is 0 Å². The van der Waals surface area contributed by atoms with Gasteiger partial charge < -0.3 is 5.32 Å². The SMILES string of the molecule is CCCCN[C@H](C)c1cccc(Cl)c1. The fourth-order valence-electron chi connectivity index (χ4n) is 1.39. The molecule has 1 atom stereocenters. The van der Waals surface area contributed by atoms with Crippen LogP contribution in [0.5, 0.6) is 0 Å². The third-order valence-corrected chi connectivity index (χ3v) is 2.56. The minimum atomic E-state index is 0.389. The highest BCUT2D eigenvalue weighted by Gasteiger charge is 2.03. The van der Waals surface area contributed by atoms with Crippen molar-refractivity contribution in [3.63, 3.8) is 0 Å². The molecule has 14 heavy (non-hydrogen) atoms. The molecule has 78 valence electrons. The lowest BCUT2D eigenvalue weighted by Crippen LogP contribution is -2.19. The van der Waals surface area contributed by atoms with Crippen LogP contribution in [-0.2, 0) is 0 Å². The summed E-state index contributed by atoms with van der Waals surface area (Å²) >= 11 is 5.92. The first-order valence-corrected chi connectivity index (χ1v) is 5.60. The predicted molar refractivity (Wildman–Crippen MR) is 62.8 cm³/mol. The van der Waals surface area contributed by atoms with Crippen LogP contribution in [0.1, 0.15) is 38.3 Å². The van der Waals surface area contributed by atoms with Gasteiger partial charge in [-0.1, -0.05) is 37.1 Å². The summed E-state index contributed by atoms with van der Waals surface area (Å²) in [4.78, 5) is 0. The van der Waals surface area contributed by atoms with E-state index in [1.165, 1.54) is 18.4 Å². The van der Waals surface area contributed by atoms with Gasteiger partial charge >= 0.3 is 0 Å². The maximum absolute atomic E-state index is 5.92. The summed E-state index contributed by atoms with van der Waals surface area (Å²) in [7, 11) is 0. The van der Waals surface area contributed by atoms with Crippen LogP contribution in [0.25, 0.3) is 0 Å². The molecular weight excluding hydrogens is 194 g/mol. The molecule has 0 aromatic heterocycles. The maximum atomic E-state index is 5.92. The normalized spacial score (nSPS) is 12.8. The van der Waals surface area contributed by atoms with Crippen LogP contribution in [0, 0.1) is 0 Å². The highest BCUT2D eigenvalue weighted by atomic mass is 35.5. The summed E-state index contributed by atoms with van der Waals surface area (Å²) in [6.45, 7) is 5.44. The van der Waals surface area contributed by atoms with Gasteiger partial charge in [0.15, 0.2) is 0 Å². The van der Waals surface area contributed by atoms with Gasteiger partial charge in [-0.25, -0.2) is 0 Å². The lowest BCUT2D eigenvalue weighted by atomic mass is 10.1. The molecule has 0 aliphatic rings. The van der Waals surface area contributed by atoms with Crippen LogP contribution >= 0.6 is 11.6 Å². The number of nitrogens with one attached hydrogen (secondary N) is 1. The van der Waals surface area contributed by atoms with Gasteiger partial charge in [-0.15, -0.1) is 0 Å². The number of benzene rings is 1. The number of rotatable bonds is 5. The zero-order valence-corrected chi connectivity index (χ0v) is 9.64. The summed E-state index contributed by atoms with van der Waals surface area (Å²) in [5, 5.41) is 4.28. The van der Waals surface area contributed by atoms with E-state index in [1.54, 1.807) is 0 Å². The molecule has 0 saturated heterocycles. The van der Waals surface area contributed by atoms with Crippen molar-refractivity contribution in [2.75, 3.05) is 6.54 Å². The molecule has 0 amide bonds. The molecule has 1 aromatic carbocycles. The number of halogens is 1. The van der Waals surface area contributed by atoms with E-state index in [1.807, 2.05) is 18.2 Å². The Morgan fingerprint density at radius 1 is 1.43 bits per heavy atom. The van der Waals surface area contributed by atoms with E-state index >= 15 is 0 Å². The Morgan fingerprint density at radius 3 is 2.86 bits per heavy atom. The molecule has 0 spiro atoms. The van der Waals surface area contributed by atoms with Crippen LogP contribution in [0.2, 0.25) is 5.02 Å². The second kappa shape index (κ2) is 6.05. The Labute approximate surface area is 91.5 Å². The highest BCUT2D eigenvalue weighted by molar-refractivity contribution is 6.30. The monoisotopic (exact) mass is 211 g/mol. The zero-order valence-electron chi connectivity index (χ0n) is 8.89. The summed E-state index contributed by atoms with van der Waals surface area (Å²) in [6, 6.07) is 8.42. The second-order valence-corrected chi connectivity index (χ2v) is 4.02. The fraction of sp³-hybridized carbons (Fsp3) is 0.500. The van der Waals surface area contributed by atoms with Crippen molar-refractivity contribution in [1.82, 2.24) is 5.32 Å². The number of hydrogen-bond donors (Lipinski definition) is 1. The van der Waals surface area contributed by atoms with Crippen LogP contribution in [0.4, 0.5) is 0 Å². The molecule has 1 N–H and O–H groups in total. The molecule has 0 unspecified atom stereocenters. The predicted octanol–water partition coefficient (Wildman–Crippen LogP) is 3.79. The van der Waals surface area contributed by atoms with E-state index < -0.39 is 0 Å². The molecule has 1 aromatic rings. The van der Waals surface area contributed by atoms with Gasteiger partial charge in [0.1, 0.15) is 0 Å². The maximum Gasteiger partial charge on any atom is 0.0409 e. The highest BCUT2D eigenvalue weighted by Crippen LogP contribution is 2.17. The molecule has 1 nitrogen and oxygen atoms in total. The van der Waals surface area contributed by atoms with E-state index in [0.29, 0.717) is 6.04 Å². The average molecular weight is 212 g/mol. The molecule has 0 saturated carbocycles. The molecular formula is C12H18ClN. The van der Waals surface area contributed by atoms with Gasteiger partial charge in [-0.3, -0.25) is 0 Å². The molecule has 1 rings (SSSR count). The first-order chi connectivity index (χ1) is 6.74. The van der Waals surface area contributed by atoms with Gasteiger partial charge in [-0.2, -0.15) is 0 Å². The quantitative estimate of drug-likeness (QED) is 0.731. The summed E-state index contributed by atoms with van der Waals surface area (Å²) in [5.74, 6) is 0.